The van der Waals surface area contributed by atoms with Crippen molar-refractivity contribution in [2.24, 2.45) is 5.92 Å². The molecule has 1 aromatic carbocycles. The molecule has 0 radical (unpaired) electrons. The number of ether oxygens (including phenoxy) is 1. The van der Waals surface area contributed by atoms with E-state index in [-0.39, 0.29) is 25.6 Å². The quantitative estimate of drug-likeness (QED) is 0.438. The molecule has 1 aliphatic carbocycles. The van der Waals surface area contributed by atoms with Crippen LogP contribution < -0.4 is 0 Å². The highest BCUT2D eigenvalue weighted by molar-refractivity contribution is 7.89. The molecule has 1 aliphatic heterocycles. The normalized spacial score (nSPS) is 17.4. The molecule has 0 atom stereocenters. The molecule has 1 fully saturated rings. The summed E-state index contributed by atoms with van der Waals surface area (Å²) in [5.41, 5.74) is 3.24. The van der Waals surface area contributed by atoms with Gasteiger partial charge in [-0.15, -0.1) is 0 Å². The lowest BCUT2D eigenvalue weighted by Gasteiger charge is -2.30. The van der Waals surface area contributed by atoms with Gasteiger partial charge in [-0.3, -0.25) is 9.59 Å². The first-order valence-electron chi connectivity index (χ1n) is 11.4. The van der Waals surface area contributed by atoms with Gasteiger partial charge in [0.2, 0.25) is 10.0 Å². The molecule has 32 heavy (non-hydrogen) atoms. The predicted octanol–water partition coefficient (Wildman–Crippen LogP) is 2.93. The standard InChI is InChI=1S/C24H34N2O5S/c1-4-25(16-18(2)3)23(27)17-31-24(28)20-11-13-26(14-12-20)32(29,30)22-10-9-19-7-5-6-8-21(19)15-22/h9-10,15,20H,2,4-8,11-14,16-17H2,1,3H3. The number of likely N-dealkylation sites (N-methyl/N-ethyl adjacent to an activating group) is 1. The van der Waals surface area contributed by atoms with Crippen LogP contribution in [0.2, 0.25) is 0 Å². The number of hydrogen-bond acceptors (Lipinski definition) is 5. The van der Waals surface area contributed by atoms with Crippen molar-refractivity contribution >= 4 is 21.9 Å². The minimum atomic E-state index is -3.58. The Morgan fingerprint density at radius 3 is 2.44 bits per heavy atom. The van der Waals surface area contributed by atoms with Crippen LogP contribution in [-0.2, 0) is 37.2 Å². The number of benzene rings is 1. The van der Waals surface area contributed by atoms with Crippen LogP contribution in [0.1, 0.15) is 50.7 Å². The third-order valence-electron chi connectivity index (χ3n) is 6.28. The zero-order valence-corrected chi connectivity index (χ0v) is 20.0. The fraction of sp³-hybridized carbons (Fsp3) is 0.583. The number of amides is 1. The van der Waals surface area contributed by atoms with Crippen molar-refractivity contribution in [3.05, 3.63) is 41.5 Å². The van der Waals surface area contributed by atoms with Crippen molar-refractivity contribution in [1.29, 1.82) is 0 Å². The van der Waals surface area contributed by atoms with Crippen LogP contribution in [0.4, 0.5) is 0 Å². The van der Waals surface area contributed by atoms with Crippen molar-refractivity contribution in [3.63, 3.8) is 0 Å². The highest BCUT2D eigenvalue weighted by Crippen LogP contribution is 2.28. The summed E-state index contributed by atoms with van der Waals surface area (Å²) in [4.78, 5) is 26.6. The van der Waals surface area contributed by atoms with Crippen LogP contribution in [0.3, 0.4) is 0 Å². The maximum absolute atomic E-state index is 13.1. The number of aryl methyl sites for hydroxylation is 2. The molecule has 0 saturated carbocycles. The van der Waals surface area contributed by atoms with Gasteiger partial charge >= 0.3 is 5.97 Å². The van der Waals surface area contributed by atoms with Crippen LogP contribution in [0.25, 0.3) is 0 Å². The highest BCUT2D eigenvalue weighted by atomic mass is 32.2. The monoisotopic (exact) mass is 462 g/mol. The molecule has 1 heterocycles. The summed E-state index contributed by atoms with van der Waals surface area (Å²) < 4.78 is 32.9. The molecule has 2 aliphatic rings. The Labute approximate surface area is 191 Å². The molecule has 0 unspecified atom stereocenters. The van der Waals surface area contributed by atoms with Gasteiger partial charge in [0.15, 0.2) is 6.61 Å². The summed E-state index contributed by atoms with van der Waals surface area (Å²) in [6.45, 7) is 8.70. The number of fused-ring (bicyclic) bond motifs is 1. The van der Waals surface area contributed by atoms with Crippen LogP contribution in [0.15, 0.2) is 35.2 Å². The number of sulfonamides is 1. The summed E-state index contributed by atoms with van der Waals surface area (Å²) >= 11 is 0. The second-order valence-electron chi connectivity index (χ2n) is 8.79. The molecule has 0 N–H and O–H groups in total. The van der Waals surface area contributed by atoms with Crippen molar-refractivity contribution in [3.8, 4) is 0 Å². The number of carbonyl (C=O) groups excluding carboxylic acids is 2. The van der Waals surface area contributed by atoms with Crippen molar-refractivity contribution in [1.82, 2.24) is 9.21 Å². The fourth-order valence-corrected chi connectivity index (χ4v) is 5.92. The summed E-state index contributed by atoms with van der Waals surface area (Å²) in [6.07, 6.45) is 4.96. The number of rotatable bonds is 8. The van der Waals surface area contributed by atoms with Crippen molar-refractivity contribution in [2.75, 3.05) is 32.8 Å². The van der Waals surface area contributed by atoms with Gasteiger partial charge in [0.1, 0.15) is 0 Å². The van der Waals surface area contributed by atoms with E-state index in [1.165, 1.54) is 9.87 Å². The SMILES string of the molecule is C=C(C)CN(CC)C(=O)COC(=O)C1CCN(S(=O)(=O)c2ccc3c(c2)CCCC3)CC1. The third-order valence-corrected chi connectivity index (χ3v) is 8.17. The molecule has 0 bridgehead atoms. The molecular weight excluding hydrogens is 428 g/mol. The average molecular weight is 463 g/mol. The van der Waals surface area contributed by atoms with Crippen molar-refractivity contribution < 1.29 is 22.7 Å². The average Bonchev–Trinajstić information content (AvgIpc) is 2.80. The summed E-state index contributed by atoms with van der Waals surface area (Å²) in [5, 5.41) is 0. The molecule has 1 amide bonds. The first kappa shape index (κ1) is 24.5. The van der Waals surface area contributed by atoms with E-state index in [1.54, 1.807) is 11.0 Å². The lowest BCUT2D eigenvalue weighted by atomic mass is 9.92. The van der Waals surface area contributed by atoms with E-state index in [4.69, 9.17) is 4.74 Å². The second kappa shape index (κ2) is 10.6. The number of hydrogen-bond donors (Lipinski definition) is 0. The van der Waals surface area contributed by atoms with E-state index in [9.17, 15) is 18.0 Å². The van der Waals surface area contributed by atoms with Crippen LogP contribution in [0.5, 0.6) is 0 Å². The lowest BCUT2D eigenvalue weighted by Crippen LogP contribution is -2.41. The summed E-state index contributed by atoms with van der Waals surface area (Å²) in [6, 6.07) is 5.46. The number of esters is 1. The van der Waals surface area contributed by atoms with E-state index in [2.05, 4.69) is 6.58 Å². The molecule has 0 aromatic heterocycles. The maximum Gasteiger partial charge on any atom is 0.309 e. The van der Waals surface area contributed by atoms with Gasteiger partial charge in [-0.1, -0.05) is 18.2 Å². The Morgan fingerprint density at radius 2 is 1.81 bits per heavy atom. The van der Waals surface area contributed by atoms with Gasteiger partial charge < -0.3 is 9.64 Å². The first-order chi connectivity index (χ1) is 15.2. The van der Waals surface area contributed by atoms with Gasteiger partial charge in [0.25, 0.3) is 5.91 Å². The molecule has 0 spiro atoms. The Hall–Kier alpha value is -2.19. The van der Waals surface area contributed by atoms with Gasteiger partial charge in [0, 0.05) is 26.2 Å². The van der Waals surface area contributed by atoms with Crippen LogP contribution in [0, 0.1) is 5.92 Å². The Bertz CT molecular complexity index is 965. The number of nitrogens with zero attached hydrogens (tertiary/aromatic N) is 2. The third kappa shape index (κ3) is 5.78. The zero-order valence-electron chi connectivity index (χ0n) is 19.1. The van der Waals surface area contributed by atoms with Crippen LogP contribution in [-0.4, -0.2) is 62.3 Å². The molecular formula is C24H34N2O5S. The van der Waals surface area contributed by atoms with E-state index in [0.717, 1.165) is 36.8 Å². The Balaban J connectivity index is 1.53. The molecule has 1 saturated heterocycles. The topological polar surface area (TPSA) is 84.0 Å². The maximum atomic E-state index is 13.1. The predicted molar refractivity (Wildman–Crippen MR) is 123 cm³/mol. The molecule has 8 heteroatoms. The molecule has 7 nitrogen and oxygen atoms in total. The van der Waals surface area contributed by atoms with Gasteiger partial charge in [-0.2, -0.15) is 4.31 Å². The minimum absolute atomic E-state index is 0.253. The van der Waals surface area contributed by atoms with Gasteiger partial charge in [-0.05, 0) is 75.6 Å². The summed E-state index contributed by atoms with van der Waals surface area (Å²) in [5.74, 6) is -1.08. The summed E-state index contributed by atoms with van der Waals surface area (Å²) in [7, 11) is -3.58. The Morgan fingerprint density at radius 1 is 1.16 bits per heavy atom. The fourth-order valence-electron chi connectivity index (χ4n) is 4.40. The lowest BCUT2D eigenvalue weighted by molar-refractivity contribution is -0.156. The molecule has 1 aromatic rings. The van der Waals surface area contributed by atoms with Crippen LogP contribution >= 0.6 is 0 Å². The largest absolute Gasteiger partial charge is 0.455 e. The number of carbonyl (C=O) groups is 2. The molecule has 3 rings (SSSR count). The first-order valence-corrected chi connectivity index (χ1v) is 12.9. The number of piperidine rings is 1. The smallest absolute Gasteiger partial charge is 0.309 e. The van der Waals surface area contributed by atoms with E-state index in [1.807, 2.05) is 26.0 Å². The Kier molecular flexibility index (Phi) is 8.11. The minimum Gasteiger partial charge on any atom is -0.455 e. The molecule has 176 valence electrons. The van der Waals surface area contributed by atoms with Crippen molar-refractivity contribution in [2.45, 2.75) is 57.3 Å². The van der Waals surface area contributed by atoms with E-state index >= 15 is 0 Å². The van der Waals surface area contributed by atoms with Gasteiger partial charge in [-0.25, -0.2) is 8.42 Å². The zero-order chi connectivity index (χ0) is 23.3. The highest BCUT2D eigenvalue weighted by Gasteiger charge is 2.33. The van der Waals surface area contributed by atoms with Gasteiger partial charge in [0.05, 0.1) is 10.8 Å². The van der Waals surface area contributed by atoms with E-state index < -0.39 is 21.9 Å². The van der Waals surface area contributed by atoms with E-state index in [0.29, 0.717) is 30.8 Å². The second-order valence-corrected chi connectivity index (χ2v) is 10.7.